The molecule has 1 saturated heterocycles. The maximum Gasteiger partial charge on any atom is 0.317 e. The van der Waals surface area contributed by atoms with Crippen LogP contribution in [-0.2, 0) is 0 Å². The number of hydrogen-bond acceptors (Lipinski definition) is 2. The van der Waals surface area contributed by atoms with E-state index in [1.165, 1.54) is 4.90 Å². The molecule has 0 amide bonds. The highest BCUT2D eigenvalue weighted by atomic mass is 19.3. The first-order valence-corrected chi connectivity index (χ1v) is 5.65. The van der Waals surface area contributed by atoms with Gasteiger partial charge in [-0.1, -0.05) is 34.6 Å². The topological polar surface area (TPSA) is 15.3 Å². The van der Waals surface area contributed by atoms with Crippen molar-refractivity contribution in [3.05, 3.63) is 0 Å². The molecule has 0 aromatic carbocycles. The Labute approximate surface area is 92.0 Å². The molecule has 0 aliphatic carbocycles. The van der Waals surface area contributed by atoms with Gasteiger partial charge in [0.05, 0.1) is 6.54 Å². The average molecular weight is 222 g/mol. The van der Waals surface area contributed by atoms with Crippen LogP contribution in [-0.4, -0.2) is 37.1 Å². The average Bonchev–Trinajstić information content (AvgIpc) is 2.10. The van der Waals surface area contributed by atoms with Gasteiger partial charge in [0.15, 0.2) is 0 Å². The van der Waals surface area contributed by atoms with Crippen molar-refractivity contribution < 1.29 is 8.78 Å². The van der Waals surface area contributed by atoms with Gasteiger partial charge in [0.1, 0.15) is 0 Å². The van der Waals surface area contributed by atoms with Crippen LogP contribution < -0.4 is 5.32 Å². The van der Waals surface area contributed by atoms with Crippen molar-refractivity contribution in [1.29, 1.82) is 0 Å². The number of hydrogen-bond donors (Lipinski definition) is 1. The second-order valence-corrected chi connectivity index (χ2v) is 4.82. The van der Waals surface area contributed by atoms with Crippen LogP contribution in [0.25, 0.3) is 0 Å². The summed E-state index contributed by atoms with van der Waals surface area (Å²) in [7, 11) is 0. The zero-order valence-corrected chi connectivity index (χ0v) is 10.5. The van der Waals surface area contributed by atoms with Gasteiger partial charge in [-0.05, 0) is 5.41 Å². The van der Waals surface area contributed by atoms with Crippen LogP contribution in [0.2, 0.25) is 0 Å². The lowest BCUT2D eigenvalue weighted by Gasteiger charge is -2.39. The van der Waals surface area contributed by atoms with Crippen LogP contribution in [0.4, 0.5) is 8.78 Å². The molecule has 1 heterocycles. The fourth-order valence-corrected chi connectivity index (χ4v) is 1.50. The monoisotopic (exact) mass is 222 g/mol. The molecular formula is C11H24F2N2. The summed E-state index contributed by atoms with van der Waals surface area (Å²) >= 11 is 0. The summed E-state index contributed by atoms with van der Waals surface area (Å²) in [5, 5.41) is 2.70. The number of nitrogens with zero attached hydrogens (tertiary/aromatic N) is 1. The van der Waals surface area contributed by atoms with E-state index in [-0.39, 0.29) is 12.0 Å². The number of rotatable bonds is 1. The van der Waals surface area contributed by atoms with E-state index in [2.05, 4.69) is 5.32 Å². The largest absolute Gasteiger partial charge is 0.317 e. The molecule has 0 aromatic rings. The summed E-state index contributed by atoms with van der Waals surface area (Å²) in [5.41, 5.74) is -0.0687. The molecule has 2 nitrogen and oxygen atoms in total. The van der Waals surface area contributed by atoms with Gasteiger partial charge in [0.2, 0.25) is 0 Å². The maximum absolute atomic E-state index is 13.3. The fourth-order valence-electron chi connectivity index (χ4n) is 1.50. The third-order valence-electron chi connectivity index (χ3n) is 2.02. The van der Waals surface area contributed by atoms with Gasteiger partial charge in [0.25, 0.3) is 0 Å². The minimum absolute atomic E-state index is 0.0687. The Balaban J connectivity index is 0.000000921. The third-order valence-corrected chi connectivity index (χ3v) is 2.02. The molecule has 1 aliphatic heterocycles. The number of alkyl halides is 2. The van der Waals surface area contributed by atoms with Crippen molar-refractivity contribution >= 4 is 0 Å². The van der Waals surface area contributed by atoms with Crippen LogP contribution in [0.5, 0.6) is 0 Å². The second-order valence-electron chi connectivity index (χ2n) is 4.82. The predicted molar refractivity (Wildman–Crippen MR) is 60.2 cm³/mol. The standard InChI is InChI=1S/C9H18F2N2.C2H6/c1-8(2,3)7-13-5-4-12-6-9(13,10)11;1-2/h12H,4-7H2,1-3H3;1-2H3. The third kappa shape index (κ3) is 5.42. The molecule has 0 saturated carbocycles. The van der Waals surface area contributed by atoms with E-state index in [9.17, 15) is 8.78 Å². The normalized spacial score (nSPS) is 21.8. The lowest BCUT2D eigenvalue weighted by Crippen LogP contribution is -2.57. The lowest BCUT2D eigenvalue weighted by atomic mass is 9.95. The maximum atomic E-state index is 13.3. The Morgan fingerprint density at radius 2 is 1.80 bits per heavy atom. The molecule has 1 N–H and O–H groups in total. The van der Waals surface area contributed by atoms with Gasteiger partial charge >= 0.3 is 6.05 Å². The van der Waals surface area contributed by atoms with Gasteiger partial charge in [-0.25, -0.2) is 4.90 Å². The number of halogens is 2. The van der Waals surface area contributed by atoms with E-state index in [1.54, 1.807) is 0 Å². The highest BCUT2D eigenvalue weighted by Gasteiger charge is 2.40. The SMILES string of the molecule is CC.CC(C)(C)CN1CCNCC1(F)F. The molecule has 4 heteroatoms. The minimum Gasteiger partial charge on any atom is -0.309 e. The quantitative estimate of drug-likeness (QED) is 0.686. The molecule has 0 atom stereocenters. The highest BCUT2D eigenvalue weighted by molar-refractivity contribution is 4.81. The lowest BCUT2D eigenvalue weighted by molar-refractivity contribution is -0.165. The van der Waals surface area contributed by atoms with Crippen LogP contribution in [0.3, 0.4) is 0 Å². The molecule has 0 bridgehead atoms. The van der Waals surface area contributed by atoms with Crippen LogP contribution in [0, 0.1) is 5.41 Å². The molecule has 0 radical (unpaired) electrons. The zero-order valence-electron chi connectivity index (χ0n) is 10.5. The van der Waals surface area contributed by atoms with Gasteiger partial charge in [-0.2, -0.15) is 8.78 Å². The Bertz CT molecular complexity index is 176. The first-order chi connectivity index (χ1) is 6.81. The van der Waals surface area contributed by atoms with E-state index in [0.29, 0.717) is 19.6 Å². The van der Waals surface area contributed by atoms with Gasteiger partial charge in [-0.3, -0.25) is 0 Å². The zero-order chi connectivity index (χ0) is 12.1. The molecular weight excluding hydrogens is 198 g/mol. The molecule has 1 fully saturated rings. The van der Waals surface area contributed by atoms with E-state index in [4.69, 9.17) is 0 Å². The smallest absolute Gasteiger partial charge is 0.309 e. The van der Waals surface area contributed by atoms with Crippen molar-refractivity contribution in [3.8, 4) is 0 Å². The summed E-state index contributed by atoms with van der Waals surface area (Å²) in [6.07, 6.45) is 0. The minimum atomic E-state index is -2.68. The van der Waals surface area contributed by atoms with Crippen molar-refractivity contribution in [2.45, 2.75) is 40.7 Å². The Kier molecular flexibility index (Phi) is 5.67. The van der Waals surface area contributed by atoms with Crippen LogP contribution in [0.15, 0.2) is 0 Å². The molecule has 1 aliphatic rings. The molecule has 15 heavy (non-hydrogen) atoms. The van der Waals surface area contributed by atoms with Crippen LogP contribution in [0.1, 0.15) is 34.6 Å². The predicted octanol–water partition coefficient (Wildman–Crippen LogP) is 2.56. The van der Waals surface area contributed by atoms with Crippen molar-refractivity contribution in [1.82, 2.24) is 10.2 Å². The van der Waals surface area contributed by atoms with Gasteiger partial charge in [-0.15, -0.1) is 0 Å². The Morgan fingerprint density at radius 3 is 2.20 bits per heavy atom. The summed E-state index contributed by atoms with van der Waals surface area (Å²) < 4.78 is 26.5. The summed E-state index contributed by atoms with van der Waals surface area (Å²) in [6, 6.07) is -2.68. The molecule has 0 unspecified atom stereocenters. The first kappa shape index (κ1) is 14.8. The second kappa shape index (κ2) is 5.75. The number of piperazine rings is 1. The van der Waals surface area contributed by atoms with Gasteiger partial charge in [0, 0.05) is 19.6 Å². The fraction of sp³-hybridized carbons (Fsp3) is 1.00. The van der Waals surface area contributed by atoms with E-state index in [1.807, 2.05) is 34.6 Å². The summed E-state index contributed by atoms with van der Waals surface area (Å²) in [4.78, 5) is 1.27. The Morgan fingerprint density at radius 1 is 1.27 bits per heavy atom. The molecule has 1 rings (SSSR count). The molecule has 92 valence electrons. The Hall–Kier alpha value is -0.220. The summed E-state index contributed by atoms with van der Waals surface area (Å²) in [5.74, 6) is 0. The van der Waals surface area contributed by atoms with Gasteiger partial charge < -0.3 is 5.32 Å². The van der Waals surface area contributed by atoms with Crippen LogP contribution >= 0.6 is 0 Å². The van der Waals surface area contributed by atoms with Crippen molar-refractivity contribution in [3.63, 3.8) is 0 Å². The highest BCUT2D eigenvalue weighted by Crippen LogP contribution is 2.26. The first-order valence-electron chi connectivity index (χ1n) is 5.65. The van der Waals surface area contributed by atoms with Crippen molar-refractivity contribution in [2.75, 3.05) is 26.2 Å². The van der Waals surface area contributed by atoms with Crippen molar-refractivity contribution in [2.24, 2.45) is 5.41 Å². The summed E-state index contributed by atoms with van der Waals surface area (Å²) in [6.45, 7) is 11.3. The van der Waals surface area contributed by atoms with E-state index < -0.39 is 6.05 Å². The number of nitrogens with one attached hydrogen (secondary N) is 1. The molecule has 0 aromatic heterocycles. The van der Waals surface area contributed by atoms with E-state index in [0.717, 1.165) is 0 Å². The van der Waals surface area contributed by atoms with E-state index >= 15 is 0 Å². The molecule has 0 spiro atoms.